The lowest BCUT2D eigenvalue weighted by molar-refractivity contribution is 0.243. The van der Waals surface area contributed by atoms with Gasteiger partial charge < -0.3 is 10.1 Å². The fourth-order valence-electron chi connectivity index (χ4n) is 5.88. The minimum atomic E-state index is -0.147. The maximum atomic E-state index is 15.0. The molecule has 0 radical (unpaired) electrons. The number of benzene rings is 2. The molecule has 6 nitrogen and oxygen atoms in total. The zero-order chi connectivity index (χ0) is 27.5. The summed E-state index contributed by atoms with van der Waals surface area (Å²) in [5.74, 6) is 1.58. The second kappa shape index (κ2) is 12.2. The smallest absolute Gasteiger partial charge is 0.150 e. The van der Waals surface area contributed by atoms with E-state index in [4.69, 9.17) is 9.72 Å². The fraction of sp³-hybridized carbons (Fsp3) is 0.355. The monoisotopic (exact) mass is 575 g/mol. The quantitative estimate of drug-likeness (QED) is 0.187. The SMILES string of the molecule is COc1ccc(CN(Sc2ccc(NCc3c(F)cccc3CN3C4CCC3CC4)c(C)n2)c2cscn2)cc1. The van der Waals surface area contributed by atoms with Crippen LogP contribution in [0.3, 0.4) is 0 Å². The first-order chi connectivity index (χ1) is 19.6. The number of rotatable bonds is 11. The van der Waals surface area contributed by atoms with Crippen molar-refractivity contribution in [3.8, 4) is 5.75 Å². The van der Waals surface area contributed by atoms with Crippen molar-refractivity contribution in [3.63, 3.8) is 0 Å². The number of ether oxygens (including phenoxy) is 1. The van der Waals surface area contributed by atoms with E-state index in [1.165, 1.54) is 25.7 Å². The topological polar surface area (TPSA) is 53.5 Å². The van der Waals surface area contributed by atoms with E-state index in [9.17, 15) is 0 Å². The average molecular weight is 576 g/mol. The number of aromatic nitrogens is 2. The number of aryl methyl sites for hydroxylation is 1. The lowest BCUT2D eigenvalue weighted by Gasteiger charge is -2.24. The van der Waals surface area contributed by atoms with E-state index in [0.717, 1.165) is 51.2 Å². The first-order valence-electron chi connectivity index (χ1n) is 13.8. The summed E-state index contributed by atoms with van der Waals surface area (Å²) >= 11 is 3.13. The minimum absolute atomic E-state index is 0.147. The second-order valence-electron chi connectivity index (χ2n) is 10.5. The van der Waals surface area contributed by atoms with Crippen LogP contribution in [0.2, 0.25) is 0 Å². The number of anilines is 2. The highest BCUT2D eigenvalue weighted by atomic mass is 32.2. The Labute approximate surface area is 243 Å². The van der Waals surface area contributed by atoms with Crippen LogP contribution in [0.4, 0.5) is 15.9 Å². The first-order valence-corrected chi connectivity index (χ1v) is 15.5. The number of pyridine rings is 1. The molecule has 40 heavy (non-hydrogen) atoms. The summed E-state index contributed by atoms with van der Waals surface area (Å²) in [6.45, 7) is 3.93. The van der Waals surface area contributed by atoms with Crippen LogP contribution in [0.1, 0.15) is 48.1 Å². The molecule has 0 saturated carbocycles. The van der Waals surface area contributed by atoms with Crippen LogP contribution in [0.5, 0.6) is 5.75 Å². The zero-order valence-electron chi connectivity index (χ0n) is 22.8. The number of halogens is 1. The molecule has 1 N–H and O–H groups in total. The fourth-order valence-corrected chi connectivity index (χ4v) is 7.43. The molecule has 0 unspecified atom stereocenters. The van der Waals surface area contributed by atoms with Gasteiger partial charge in [0.25, 0.3) is 0 Å². The van der Waals surface area contributed by atoms with Crippen molar-refractivity contribution < 1.29 is 9.13 Å². The molecule has 208 valence electrons. The van der Waals surface area contributed by atoms with Gasteiger partial charge in [-0.2, -0.15) is 0 Å². The van der Waals surface area contributed by atoms with Crippen molar-refractivity contribution in [2.45, 2.75) is 69.4 Å². The third-order valence-corrected chi connectivity index (χ3v) is 9.58. The summed E-state index contributed by atoms with van der Waals surface area (Å²) in [5.41, 5.74) is 6.62. The predicted molar refractivity (Wildman–Crippen MR) is 161 cm³/mol. The van der Waals surface area contributed by atoms with Crippen molar-refractivity contribution in [3.05, 3.63) is 93.7 Å². The van der Waals surface area contributed by atoms with E-state index in [0.29, 0.717) is 25.2 Å². The molecular formula is C31H34FN5OS2. The molecular weight excluding hydrogens is 542 g/mol. The number of methoxy groups -OCH3 is 1. The van der Waals surface area contributed by atoms with Crippen molar-refractivity contribution in [1.82, 2.24) is 14.9 Å². The van der Waals surface area contributed by atoms with Crippen LogP contribution in [-0.4, -0.2) is 34.1 Å². The van der Waals surface area contributed by atoms with Gasteiger partial charge in [0.05, 0.1) is 30.5 Å². The molecule has 2 aliphatic rings. The molecule has 2 aliphatic heterocycles. The third kappa shape index (κ3) is 5.96. The minimum Gasteiger partial charge on any atom is -0.497 e. The van der Waals surface area contributed by atoms with Gasteiger partial charge in [-0.15, -0.1) is 11.3 Å². The van der Waals surface area contributed by atoms with Gasteiger partial charge in [-0.25, -0.2) is 14.4 Å². The van der Waals surface area contributed by atoms with E-state index in [1.807, 2.05) is 48.1 Å². The van der Waals surface area contributed by atoms with Crippen LogP contribution in [-0.2, 0) is 19.6 Å². The standard InChI is InChI=1S/C31H34FN5OS2/c1-21-29(33-16-27-23(4-3-5-28(27)32)18-36-24-8-9-25(36)11-10-24)14-15-31(35-21)40-37(30-19-39-20-34-30)17-22-6-12-26(38-2)13-7-22/h3-7,12-15,19-20,24-25,33H,8-11,16-18H2,1-2H3. The molecule has 2 aromatic carbocycles. The van der Waals surface area contributed by atoms with Gasteiger partial charge in [-0.1, -0.05) is 24.3 Å². The summed E-state index contributed by atoms with van der Waals surface area (Å²) in [6.07, 6.45) is 5.12. The Bertz CT molecular complexity index is 1410. The number of thiazole rings is 1. The molecule has 0 atom stereocenters. The number of hydrogen-bond acceptors (Lipinski definition) is 8. The highest BCUT2D eigenvalue weighted by Crippen LogP contribution is 2.39. The number of nitrogens with one attached hydrogen (secondary N) is 1. The number of nitrogens with zero attached hydrogens (tertiary/aromatic N) is 4. The largest absolute Gasteiger partial charge is 0.497 e. The van der Waals surface area contributed by atoms with E-state index >= 15 is 4.39 Å². The van der Waals surface area contributed by atoms with Crippen LogP contribution in [0.25, 0.3) is 0 Å². The van der Waals surface area contributed by atoms with E-state index in [-0.39, 0.29) is 5.82 Å². The zero-order valence-corrected chi connectivity index (χ0v) is 24.5. The summed E-state index contributed by atoms with van der Waals surface area (Å²) in [5, 5.41) is 6.38. The Morgan fingerprint density at radius 2 is 1.85 bits per heavy atom. The van der Waals surface area contributed by atoms with Crippen LogP contribution < -0.4 is 14.4 Å². The van der Waals surface area contributed by atoms with Crippen LogP contribution in [0, 0.1) is 12.7 Å². The van der Waals surface area contributed by atoms with Gasteiger partial charge in [-0.3, -0.25) is 9.21 Å². The van der Waals surface area contributed by atoms with Crippen LogP contribution in [0.15, 0.2) is 70.5 Å². The lowest BCUT2D eigenvalue weighted by Crippen LogP contribution is -2.28. The molecule has 4 heterocycles. The number of fused-ring (bicyclic) bond motifs is 2. The Hall–Kier alpha value is -3.14. The van der Waals surface area contributed by atoms with Crippen molar-refractivity contribution >= 4 is 34.8 Å². The average Bonchev–Trinajstić information content (AvgIpc) is 3.73. The van der Waals surface area contributed by atoms with Gasteiger partial charge in [0, 0.05) is 48.1 Å². The van der Waals surface area contributed by atoms with Crippen molar-refractivity contribution in [2.24, 2.45) is 0 Å². The third-order valence-electron chi connectivity index (χ3n) is 8.05. The van der Waals surface area contributed by atoms with Crippen molar-refractivity contribution in [2.75, 3.05) is 16.7 Å². The summed E-state index contributed by atoms with van der Waals surface area (Å²) in [7, 11) is 1.67. The molecule has 2 bridgehead atoms. The maximum absolute atomic E-state index is 15.0. The van der Waals surface area contributed by atoms with Crippen LogP contribution >= 0.6 is 23.3 Å². The molecule has 0 spiro atoms. The Kier molecular flexibility index (Phi) is 8.22. The molecule has 4 aromatic rings. The maximum Gasteiger partial charge on any atom is 0.150 e. The van der Waals surface area contributed by atoms with E-state index in [1.54, 1.807) is 36.5 Å². The van der Waals surface area contributed by atoms with E-state index < -0.39 is 0 Å². The Morgan fingerprint density at radius 1 is 1.07 bits per heavy atom. The lowest BCUT2D eigenvalue weighted by atomic mass is 10.0. The molecule has 9 heteroatoms. The highest BCUT2D eigenvalue weighted by molar-refractivity contribution is 8.00. The van der Waals surface area contributed by atoms with E-state index in [2.05, 4.69) is 37.7 Å². The van der Waals surface area contributed by atoms with Crippen molar-refractivity contribution in [1.29, 1.82) is 0 Å². The second-order valence-corrected chi connectivity index (χ2v) is 12.2. The molecule has 2 aromatic heterocycles. The Morgan fingerprint density at radius 3 is 2.52 bits per heavy atom. The first kappa shape index (κ1) is 27.1. The normalized spacial score (nSPS) is 18.3. The number of hydrogen-bond donors (Lipinski definition) is 1. The van der Waals surface area contributed by atoms with Gasteiger partial charge in [0.2, 0.25) is 0 Å². The summed E-state index contributed by atoms with van der Waals surface area (Å²) in [6, 6.07) is 18.9. The van der Waals surface area contributed by atoms with Gasteiger partial charge in [-0.05, 0) is 74.1 Å². The molecule has 2 saturated heterocycles. The van der Waals surface area contributed by atoms with Gasteiger partial charge in [0.1, 0.15) is 22.4 Å². The van der Waals surface area contributed by atoms with Gasteiger partial charge >= 0.3 is 0 Å². The van der Waals surface area contributed by atoms with Gasteiger partial charge in [0.15, 0.2) is 0 Å². The summed E-state index contributed by atoms with van der Waals surface area (Å²) < 4.78 is 22.4. The highest BCUT2D eigenvalue weighted by Gasteiger charge is 2.39. The molecule has 0 amide bonds. The predicted octanol–water partition coefficient (Wildman–Crippen LogP) is 7.45. The molecule has 2 fully saturated rings. The summed E-state index contributed by atoms with van der Waals surface area (Å²) in [4.78, 5) is 12.0. The Balaban J connectivity index is 1.14. The molecule has 0 aliphatic carbocycles. The molecule has 6 rings (SSSR count).